The van der Waals surface area contributed by atoms with Crippen LogP contribution in [0.25, 0.3) is 5.57 Å². The van der Waals surface area contributed by atoms with E-state index < -0.39 is 6.09 Å². The van der Waals surface area contributed by atoms with Crippen LogP contribution in [-0.4, -0.2) is 30.8 Å². The number of fused-ring (bicyclic) bond motifs is 6. The average molecular weight is 603 g/mol. The molecule has 1 aliphatic heterocycles. The number of rotatable bonds is 9. The van der Waals surface area contributed by atoms with E-state index in [4.69, 9.17) is 19.5 Å². The fourth-order valence-corrected chi connectivity index (χ4v) is 9.65. The highest BCUT2D eigenvalue weighted by Crippen LogP contribution is 2.65. The molecule has 5 aliphatic rings. The third-order valence-electron chi connectivity index (χ3n) is 12.0. The minimum atomic E-state index is -0.477. The van der Waals surface area contributed by atoms with Crippen LogP contribution in [-0.2, 0) is 14.4 Å². The van der Waals surface area contributed by atoms with E-state index in [1.165, 1.54) is 43.4 Å². The molecule has 44 heavy (non-hydrogen) atoms. The molecule has 238 valence electrons. The number of unbranched alkanes of at least 4 members (excludes halogenated alkanes) is 2. The van der Waals surface area contributed by atoms with Gasteiger partial charge >= 0.3 is 6.09 Å². The molecule has 0 spiro atoms. The van der Waals surface area contributed by atoms with Crippen molar-refractivity contribution in [1.82, 2.24) is 0 Å². The van der Waals surface area contributed by atoms with E-state index in [1.807, 2.05) is 24.3 Å². The standard InChI is InChI=1S/C37H50N2O5/c1-5-42-35(41)38-27-11-13-29-25(21-24(2)44-33(29)23-27)9-7-6-8-20-43-39-34-15-14-31-30-12-10-26-22-28(40)16-18-36(26,3)32(30)17-19-37(31,34)4/h11,13,21,23,26,30-32H,2,5-10,12,14-20,22H2,1,3-4H3,(H,38,41)/b39-34-/t26-,30-,31-,32-,36-,37-/m0/s1. The third-order valence-corrected chi connectivity index (χ3v) is 12.0. The van der Waals surface area contributed by atoms with Gasteiger partial charge in [-0.05, 0) is 130 Å². The summed E-state index contributed by atoms with van der Waals surface area (Å²) in [5, 5.41) is 7.52. The molecule has 1 aromatic carbocycles. The lowest BCUT2D eigenvalue weighted by atomic mass is 9.45. The lowest BCUT2D eigenvalue weighted by molar-refractivity contribution is -0.136. The van der Waals surface area contributed by atoms with Crippen molar-refractivity contribution in [3.8, 4) is 5.75 Å². The van der Waals surface area contributed by atoms with Gasteiger partial charge in [0, 0.05) is 35.6 Å². The van der Waals surface area contributed by atoms with Crippen molar-refractivity contribution in [3.63, 3.8) is 0 Å². The van der Waals surface area contributed by atoms with Gasteiger partial charge in [0.2, 0.25) is 0 Å². The second-order valence-electron chi connectivity index (χ2n) is 14.4. The zero-order valence-corrected chi connectivity index (χ0v) is 26.9. The van der Waals surface area contributed by atoms with Crippen molar-refractivity contribution in [2.45, 2.75) is 104 Å². The van der Waals surface area contributed by atoms with Gasteiger partial charge in [0.1, 0.15) is 23.9 Å². The van der Waals surface area contributed by atoms with Crippen LogP contribution in [0.3, 0.4) is 0 Å². The first-order chi connectivity index (χ1) is 21.2. The molecule has 4 saturated carbocycles. The van der Waals surface area contributed by atoms with E-state index >= 15 is 0 Å². The number of ketones is 1. The molecule has 7 heteroatoms. The van der Waals surface area contributed by atoms with E-state index in [0.29, 0.717) is 53.4 Å². The summed E-state index contributed by atoms with van der Waals surface area (Å²) >= 11 is 0. The summed E-state index contributed by atoms with van der Waals surface area (Å²) < 4.78 is 10.8. The highest BCUT2D eigenvalue weighted by Gasteiger charge is 2.59. The number of anilines is 1. The molecule has 1 amide bonds. The SMILES string of the molecule is C=C1C=C(CCCCCO/N=C2/CC[C@H]3[C@@H]4CC[C@H]5CC(=O)CC[C@]5(C)[C@H]4CC[C@]23C)c2ccc(NC(=O)OCC)cc2O1. The Morgan fingerprint density at radius 3 is 2.80 bits per heavy atom. The molecule has 4 fully saturated rings. The van der Waals surface area contributed by atoms with Crippen LogP contribution >= 0.6 is 0 Å². The van der Waals surface area contributed by atoms with Crippen molar-refractivity contribution in [2.24, 2.45) is 39.7 Å². The smallest absolute Gasteiger partial charge is 0.411 e. The second-order valence-corrected chi connectivity index (χ2v) is 14.4. The molecule has 7 nitrogen and oxygen atoms in total. The monoisotopic (exact) mass is 602 g/mol. The van der Waals surface area contributed by atoms with Gasteiger partial charge in [0.05, 0.1) is 12.3 Å². The Balaban J connectivity index is 0.969. The van der Waals surface area contributed by atoms with Crippen LogP contribution in [0.1, 0.15) is 110 Å². The predicted octanol–water partition coefficient (Wildman–Crippen LogP) is 9.09. The molecule has 0 bridgehead atoms. The van der Waals surface area contributed by atoms with E-state index in [2.05, 4.69) is 25.7 Å². The Bertz CT molecular complexity index is 1350. The number of carbonyl (C=O) groups is 2. The Labute approximate surface area is 262 Å². The molecule has 6 atom stereocenters. The number of ether oxygens (including phenoxy) is 2. The first kappa shape index (κ1) is 30.9. The quantitative estimate of drug-likeness (QED) is 0.225. The van der Waals surface area contributed by atoms with Crippen LogP contribution in [0.4, 0.5) is 10.5 Å². The van der Waals surface area contributed by atoms with Gasteiger partial charge in [-0.1, -0.05) is 25.6 Å². The number of nitrogens with one attached hydrogen (secondary N) is 1. The lowest BCUT2D eigenvalue weighted by Crippen LogP contribution is -2.53. The maximum Gasteiger partial charge on any atom is 0.411 e. The van der Waals surface area contributed by atoms with Crippen molar-refractivity contribution < 1.29 is 23.9 Å². The maximum atomic E-state index is 12.2. The minimum Gasteiger partial charge on any atom is -0.457 e. The number of hydrogen-bond acceptors (Lipinski definition) is 6. The first-order valence-corrected chi connectivity index (χ1v) is 17.1. The number of allylic oxidation sites excluding steroid dienone is 2. The van der Waals surface area contributed by atoms with Crippen LogP contribution in [0.15, 0.2) is 41.8 Å². The topological polar surface area (TPSA) is 86.2 Å². The molecule has 0 aromatic heterocycles. The largest absolute Gasteiger partial charge is 0.457 e. The summed E-state index contributed by atoms with van der Waals surface area (Å²) in [7, 11) is 0. The highest BCUT2D eigenvalue weighted by molar-refractivity contribution is 5.92. The summed E-state index contributed by atoms with van der Waals surface area (Å²) in [6, 6.07) is 5.68. The molecular weight excluding hydrogens is 552 g/mol. The van der Waals surface area contributed by atoms with E-state index in [0.717, 1.165) is 68.8 Å². The van der Waals surface area contributed by atoms with E-state index in [1.54, 1.807) is 6.92 Å². The summed E-state index contributed by atoms with van der Waals surface area (Å²) in [4.78, 5) is 30.0. The number of carbonyl (C=O) groups excluding carboxylic acids is 2. The van der Waals surface area contributed by atoms with Gasteiger partial charge in [0.15, 0.2) is 0 Å². The normalized spacial score (nSPS) is 33.3. The third kappa shape index (κ3) is 5.95. The van der Waals surface area contributed by atoms with Crippen molar-refractivity contribution in [1.29, 1.82) is 0 Å². The predicted molar refractivity (Wildman–Crippen MR) is 173 cm³/mol. The summed E-state index contributed by atoms with van der Waals surface area (Å²) in [6.45, 7) is 11.7. The number of Topliss-reactive ketones (excluding diaryl/α,β-unsaturated/α-hetero) is 1. The van der Waals surface area contributed by atoms with Crippen molar-refractivity contribution in [3.05, 3.63) is 42.2 Å². The van der Waals surface area contributed by atoms with Crippen LogP contribution in [0.2, 0.25) is 0 Å². The van der Waals surface area contributed by atoms with Gasteiger partial charge in [-0.3, -0.25) is 10.1 Å². The van der Waals surface area contributed by atoms with E-state index in [9.17, 15) is 9.59 Å². The Morgan fingerprint density at radius 2 is 1.95 bits per heavy atom. The molecule has 1 heterocycles. The van der Waals surface area contributed by atoms with Gasteiger partial charge in [-0.2, -0.15) is 0 Å². The molecule has 1 N–H and O–H groups in total. The molecule has 4 aliphatic carbocycles. The molecule has 0 saturated heterocycles. The average Bonchev–Trinajstić information content (AvgIpc) is 3.33. The molecule has 1 aromatic rings. The molecule has 6 rings (SSSR count). The highest BCUT2D eigenvalue weighted by atomic mass is 16.6. The van der Waals surface area contributed by atoms with Crippen molar-refractivity contribution >= 4 is 28.8 Å². The molecule has 0 unspecified atom stereocenters. The first-order valence-electron chi connectivity index (χ1n) is 17.1. The molecular formula is C37H50N2O5. The zero-order valence-electron chi connectivity index (χ0n) is 26.9. The minimum absolute atomic E-state index is 0.172. The number of oxime groups is 1. The van der Waals surface area contributed by atoms with Crippen LogP contribution in [0, 0.1) is 34.5 Å². The number of benzene rings is 1. The van der Waals surface area contributed by atoms with Gasteiger partial charge in [0.25, 0.3) is 0 Å². The van der Waals surface area contributed by atoms with Crippen molar-refractivity contribution in [2.75, 3.05) is 18.5 Å². The molecule has 0 radical (unpaired) electrons. The number of nitrogens with zero attached hydrogens (tertiary/aromatic N) is 1. The van der Waals surface area contributed by atoms with Gasteiger partial charge < -0.3 is 14.3 Å². The summed E-state index contributed by atoms with van der Waals surface area (Å²) in [5.41, 5.74) is 4.69. The fourth-order valence-electron chi connectivity index (χ4n) is 9.65. The lowest BCUT2D eigenvalue weighted by Gasteiger charge is -2.59. The number of amides is 1. The van der Waals surface area contributed by atoms with Crippen LogP contribution in [0.5, 0.6) is 5.75 Å². The zero-order chi connectivity index (χ0) is 30.9. The Kier molecular flexibility index (Phi) is 8.94. The van der Waals surface area contributed by atoms with Crippen LogP contribution < -0.4 is 10.1 Å². The second kappa shape index (κ2) is 12.7. The Hall–Kier alpha value is -3.09. The Morgan fingerprint density at radius 1 is 1.09 bits per heavy atom. The number of hydrogen-bond donors (Lipinski definition) is 1. The summed E-state index contributed by atoms with van der Waals surface area (Å²) in [5.74, 6) is 4.67. The summed E-state index contributed by atoms with van der Waals surface area (Å²) in [6.07, 6.45) is 15.6. The van der Waals surface area contributed by atoms with E-state index in [-0.39, 0.29) is 5.41 Å². The van der Waals surface area contributed by atoms with Gasteiger partial charge in [-0.15, -0.1) is 0 Å². The fraction of sp³-hybridized carbons (Fsp3) is 0.649. The van der Waals surface area contributed by atoms with Gasteiger partial charge in [-0.25, -0.2) is 4.79 Å². The maximum absolute atomic E-state index is 12.2.